The van der Waals surface area contributed by atoms with Gasteiger partial charge in [0.2, 0.25) is 0 Å². The Labute approximate surface area is 73.6 Å². The van der Waals surface area contributed by atoms with E-state index in [2.05, 4.69) is 23.4 Å². The van der Waals surface area contributed by atoms with Crippen LogP contribution in [-0.4, -0.2) is 9.55 Å². The Morgan fingerprint density at radius 1 is 1.58 bits per heavy atom. The van der Waals surface area contributed by atoms with Gasteiger partial charge in [-0.3, -0.25) is 0 Å². The molecular weight excluding hydrogens is 150 g/mol. The third kappa shape index (κ3) is 1.67. The number of rotatable bonds is 3. The minimum Gasteiger partial charge on any atom is -0.330 e. The lowest BCUT2D eigenvalue weighted by molar-refractivity contribution is 0.499. The fourth-order valence-corrected chi connectivity index (χ4v) is 1.23. The van der Waals surface area contributed by atoms with E-state index in [1.165, 1.54) is 0 Å². The molecule has 3 nitrogen and oxygen atoms in total. The fourth-order valence-electron chi connectivity index (χ4n) is 1.23. The maximum absolute atomic E-state index is 5.79. The topological polar surface area (TPSA) is 43.8 Å². The van der Waals surface area contributed by atoms with Crippen molar-refractivity contribution in [3.63, 3.8) is 0 Å². The Bertz CT molecular complexity index is 240. The predicted molar refractivity (Wildman–Crippen MR) is 49.8 cm³/mol. The molecule has 0 bridgehead atoms. The average molecular weight is 167 g/mol. The molecule has 2 N–H and O–H groups in total. The van der Waals surface area contributed by atoms with Crippen LogP contribution in [0.15, 0.2) is 12.5 Å². The minimum atomic E-state index is 0.0708. The summed E-state index contributed by atoms with van der Waals surface area (Å²) < 4.78 is 2.14. The predicted octanol–water partition coefficient (Wildman–Crippen LogP) is 1.87. The highest BCUT2D eigenvalue weighted by Crippen LogP contribution is 2.16. The highest BCUT2D eigenvalue weighted by molar-refractivity contribution is 5.04. The summed E-state index contributed by atoms with van der Waals surface area (Å²) in [5.41, 5.74) is 6.91. The lowest BCUT2D eigenvalue weighted by atomic mass is 10.2. The third-order valence-corrected chi connectivity index (χ3v) is 2.23. The van der Waals surface area contributed by atoms with Gasteiger partial charge >= 0.3 is 0 Å². The number of hydrogen-bond acceptors (Lipinski definition) is 2. The van der Waals surface area contributed by atoms with Crippen LogP contribution in [0.25, 0.3) is 0 Å². The Kier molecular flexibility index (Phi) is 2.87. The Balaban J connectivity index is 2.91. The molecule has 68 valence electrons. The average Bonchev–Trinajstić information content (AvgIpc) is 2.50. The van der Waals surface area contributed by atoms with Crippen molar-refractivity contribution in [2.75, 3.05) is 0 Å². The lowest BCUT2D eigenvalue weighted by Crippen LogP contribution is -2.14. The molecule has 1 unspecified atom stereocenters. The van der Waals surface area contributed by atoms with Gasteiger partial charge in [0.05, 0.1) is 12.0 Å². The summed E-state index contributed by atoms with van der Waals surface area (Å²) >= 11 is 0. The lowest BCUT2D eigenvalue weighted by Gasteiger charge is -2.16. The zero-order valence-electron chi connectivity index (χ0n) is 7.99. The van der Waals surface area contributed by atoms with Crippen LogP contribution in [0.3, 0.4) is 0 Å². The quantitative estimate of drug-likeness (QED) is 0.747. The van der Waals surface area contributed by atoms with E-state index in [1.54, 1.807) is 0 Å². The van der Waals surface area contributed by atoms with E-state index in [4.69, 9.17) is 5.73 Å². The van der Waals surface area contributed by atoms with E-state index in [0.29, 0.717) is 6.04 Å². The van der Waals surface area contributed by atoms with Gasteiger partial charge in [-0.25, -0.2) is 4.98 Å². The van der Waals surface area contributed by atoms with Crippen molar-refractivity contribution < 1.29 is 0 Å². The molecule has 1 aromatic heterocycles. The highest BCUT2D eigenvalue weighted by Gasteiger charge is 2.09. The number of hydrogen-bond donors (Lipinski definition) is 1. The van der Waals surface area contributed by atoms with Crippen LogP contribution in [0.2, 0.25) is 0 Å². The molecule has 0 fully saturated rings. The summed E-state index contributed by atoms with van der Waals surface area (Å²) in [6, 6.07) is 0.565. The maximum atomic E-state index is 5.79. The van der Waals surface area contributed by atoms with Crippen LogP contribution in [-0.2, 0) is 0 Å². The van der Waals surface area contributed by atoms with Crippen molar-refractivity contribution >= 4 is 0 Å². The van der Waals surface area contributed by atoms with Crippen LogP contribution in [0, 0.1) is 0 Å². The normalized spacial score (nSPS) is 16.0. The summed E-state index contributed by atoms with van der Waals surface area (Å²) in [6.45, 7) is 6.32. The van der Waals surface area contributed by atoms with Gasteiger partial charge in [-0.15, -0.1) is 0 Å². The van der Waals surface area contributed by atoms with E-state index in [1.807, 2.05) is 19.4 Å². The summed E-state index contributed by atoms with van der Waals surface area (Å²) in [6.07, 6.45) is 4.81. The van der Waals surface area contributed by atoms with E-state index >= 15 is 0 Å². The van der Waals surface area contributed by atoms with Crippen molar-refractivity contribution in [2.24, 2.45) is 5.73 Å². The van der Waals surface area contributed by atoms with Crippen molar-refractivity contribution in [1.82, 2.24) is 9.55 Å². The van der Waals surface area contributed by atoms with Crippen LogP contribution in [0.4, 0.5) is 0 Å². The Morgan fingerprint density at radius 2 is 2.25 bits per heavy atom. The molecule has 1 heterocycles. The molecule has 0 aliphatic carbocycles. The number of nitrogens with two attached hydrogens (primary N) is 1. The zero-order chi connectivity index (χ0) is 9.14. The van der Waals surface area contributed by atoms with E-state index in [0.717, 1.165) is 12.1 Å². The first kappa shape index (κ1) is 9.26. The van der Waals surface area contributed by atoms with Crippen LogP contribution in [0.1, 0.15) is 45.0 Å². The first-order chi connectivity index (χ1) is 5.66. The molecule has 0 aliphatic heterocycles. The number of aromatic nitrogens is 2. The molecule has 0 radical (unpaired) electrons. The van der Waals surface area contributed by atoms with Crippen LogP contribution in [0.5, 0.6) is 0 Å². The standard InChI is InChI=1S/C9H17N3/c1-4-7(2)12-6-11-5-9(12)8(3)10/h5-8H,4,10H2,1-3H3/t7?,8-/m0/s1. The Morgan fingerprint density at radius 3 is 2.75 bits per heavy atom. The molecule has 0 saturated heterocycles. The van der Waals surface area contributed by atoms with Crippen molar-refractivity contribution in [3.05, 3.63) is 18.2 Å². The second-order valence-corrected chi connectivity index (χ2v) is 3.27. The highest BCUT2D eigenvalue weighted by atomic mass is 15.1. The van der Waals surface area contributed by atoms with Crippen molar-refractivity contribution in [2.45, 2.75) is 39.3 Å². The molecule has 1 rings (SSSR count). The van der Waals surface area contributed by atoms with Gasteiger partial charge < -0.3 is 10.3 Å². The fraction of sp³-hybridized carbons (Fsp3) is 0.667. The van der Waals surface area contributed by atoms with Crippen molar-refractivity contribution in [1.29, 1.82) is 0 Å². The van der Waals surface area contributed by atoms with Gasteiger partial charge in [-0.05, 0) is 20.3 Å². The summed E-state index contributed by atoms with van der Waals surface area (Å²) in [5.74, 6) is 0. The summed E-state index contributed by atoms with van der Waals surface area (Å²) in [7, 11) is 0. The van der Waals surface area contributed by atoms with Gasteiger partial charge in [0.15, 0.2) is 0 Å². The smallest absolute Gasteiger partial charge is 0.0951 e. The molecule has 2 atom stereocenters. The van der Waals surface area contributed by atoms with E-state index < -0.39 is 0 Å². The summed E-state index contributed by atoms with van der Waals surface area (Å²) in [5, 5.41) is 0. The maximum Gasteiger partial charge on any atom is 0.0951 e. The molecular formula is C9H17N3. The monoisotopic (exact) mass is 167 g/mol. The minimum absolute atomic E-state index is 0.0708. The molecule has 0 amide bonds. The first-order valence-corrected chi connectivity index (χ1v) is 4.44. The molecule has 0 aromatic carbocycles. The molecule has 0 aliphatic rings. The second kappa shape index (κ2) is 3.72. The van der Waals surface area contributed by atoms with Crippen molar-refractivity contribution in [3.8, 4) is 0 Å². The van der Waals surface area contributed by atoms with Gasteiger partial charge in [0.1, 0.15) is 0 Å². The van der Waals surface area contributed by atoms with E-state index in [9.17, 15) is 0 Å². The van der Waals surface area contributed by atoms with Gasteiger partial charge in [0.25, 0.3) is 0 Å². The second-order valence-electron chi connectivity index (χ2n) is 3.27. The molecule has 0 saturated carbocycles. The summed E-state index contributed by atoms with van der Waals surface area (Å²) in [4.78, 5) is 4.10. The molecule has 12 heavy (non-hydrogen) atoms. The first-order valence-electron chi connectivity index (χ1n) is 4.44. The third-order valence-electron chi connectivity index (χ3n) is 2.23. The SMILES string of the molecule is CCC(C)n1cncc1[C@H](C)N. The number of imidazole rings is 1. The van der Waals surface area contributed by atoms with Gasteiger partial charge in [0, 0.05) is 18.3 Å². The van der Waals surface area contributed by atoms with Gasteiger partial charge in [-0.1, -0.05) is 6.92 Å². The molecule has 1 aromatic rings. The Hall–Kier alpha value is -0.830. The zero-order valence-corrected chi connectivity index (χ0v) is 7.99. The number of nitrogens with zero attached hydrogens (tertiary/aromatic N) is 2. The molecule has 0 spiro atoms. The van der Waals surface area contributed by atoms with Crippen LogP contribution < -0.4 is 5.73 Å². The van der Waals surface area contributed by atoms with E-state index in [-0.39, 0.29) is 6.04 Å². The molecule has 3 heteroatoms. The van der Waals surface area contributed by atoms with Gasteiger partial charge in [-0.2, -0.15) is 0 Å². The largest absolute Gasteiger partial charge is 0.330 e. The van der Waals surface area contributed by atoms with Crippen LogP contribution >= 0.6 is 0 Å².